The Morgan fingerprint density at radius 3 is 2.47 bits per heavy atom. The Morgan fingerprint density at radius 2 is 1.75 bits per heavy atom. The minimum atomic E-state index is 0.00136. The highest BCUT2D eigenvalue weighted by molar-refractivity contribution is 7.10. The lowest BCUT2D eigenvalue weighted by Gasteiger charge is -2.41. The van der Waals surface area contributed by atoms with Gasteiger partial charge in [0.05, 0.1) is 6.04 Å². The number of benzene rings is 2. The number of hydrogen-bond donors (Lipinski definition) is 0. The van der Waals surface area contributed by atoms with Crippen molar-refractivity contribution in [1.82, 2.24) is 14.7 Å². The average molecular weight is 502 g/mol. The molecule has 5 rings (SSSR count). The molecule has 1 saturated heterocycles. The molecule has 2 aromatic carbocycles. The number of aryl methyl sites for hydroxylation is 1. The third-order valence-corrected chi connectivity index (χ3v) is 8.64. The smallest absolute Gasteiger partial charge is 0.254 e. The Labute approximate surface area is 218 Å². The molecule has 2 aliphatic rings. The van der Waals surface area contributed by atoms with Gasteiger partial charge in [0.2, 0.25) is 5.91 Å². The SMILES string of the molecule is CCc1ccc(C(=O)N2CCN(C(=O)CCN3CCc4sccc4[C@@H]3c3ccccc3)C[C@H]2C)cc1. The molecule has 2 amide bonds. The second-order valence-electron chi connectivity index (χ2n) is 9.89. The number of rotatable bonds is 6. The molecule has 0 radical (unpaired) electrons. The number of thiophene rings is 1. The van der Waals surface area contributed by atoms with E-state index in [0.717, 1.165) is 31.5 Å². The summed E-state index contributed by atoms with van der Waals surface area (Å²) in [5.41, 5.74) is 4.63. The van der Waals surface area contributed by atoms with Gasteiger partial charge in [-0.1, -0.05) is 49.4 Å². The van der Waals surface area contributed by atoms with Crippen molar-refractivity contribution in [3.63, 3.8) is 0 Å². The van der Waals surface area contributed by atoms with E-state index in [9.17, 15) is 9.59 Å². The van der Waals surface area contributed by atoms with Crippen LogP contribution in [0.2, 0.25) is 0 Å². The summed E-state index contributed by atoms with van der Waals surface area (Å²) in [6.45, 7) is 7.64. The maximum absolute atomic E-state index is 13.2. The van der Waals surface area contributed by atoms with E-state index in [2.05, 4.69) is 53.6 Å². The highest BCUT2D eigenvalue weighted by Crippen LogP contribution is 2.37. The number of nitrogens with zero attached hydrogens (tertiary/aromatic N) is 3. The van der Waals surface area contributed by atoms with Gasteiger partial charge in [0, 0.05) is 55.6 Å². The molecule has 6 heteroatoms. The van der Waals surface area contributed by atoms with Gasteiger partial charge < -0.3 is 9.80 Å². The van der Waals surface area contributed by atoms with Gasteiger partial charge in [-0.05, 0) is 60.0 Å². The monoisotopic (exact) mass is 501 g/mol. The number of fused-ring (bicyclic) bond motifs is 1. The largest absolute Gasteiger partial charge is 0.339 e. The van der Waals surface area contributed by atoms with Crippen LogP contribution in [-0.2, 0) is 17.6 Å². The summed E-state index contributed by atoms with van der Waals surface area (Å²) in [6.07, 6.45) is 2.51. The van der Waals surface area contributed by atoms with Crippen LogP contribution < -0.4 is 0 Å². The number of piperazine rings is 1. The van der Waals surface area contributed by atoms with Gasteiger partial charge in [-0.3, -0.25) is 14.5 Å². The van der Waals surface area contributed by atoms with Crippen molar-refractivity contribution in [2.24, 2.45) is 0 Å². The topological polar surface area (TPSA) is 43.9 Å². The van der Waals surface area contributed by atoms with Gasteiger partial charge in [-0.25, -0.2) is 0 Å². The van der Waals surface area contributed by atoms with Gasteiger partial charge >= 0.3 is 0 Å². The Balaban J connectivity index is 1.20. The van der Waals surface area contributed by atoms with E-state index in [0.29, 0.717) is 26.1 Å². The molecular weight excluding hydrogens is 466 g/mol. The number of carbonyl (C=O) groups excluding carboxylic acids is 2. The van der Waals surface area contributed by atoms with Gasteiger partial charge in [0.25, 0.3) is 5.91 Å². The third kappa shape index (κ3) is 5.11. The van der Waals surface area contributed by atoms with Crippen molar-refractivity contribution in [1.29, 1.82) is 0 Å². The summed E-state index contributed by atoms with van der Waals surface area (Å²) in [4.78, 5) is 34.1. The summed E-state index contributed by atoms with van der Waals surface area (Å²) in [7, 11) is 0. The second-order valence-corrected chi connectivity index (χ2v) is 10.9. The molecule has 0 aliphatic carbocycles. The zero-order chi connectivity index (χ0) is 25.1. The summed E-state index contributed by atoms with van der Waals surface area (Å²) < 4.78 is 0. The lowest BCUT2D eigenvalue weighted by Crippen LogP contribution is -2.55. The van der Waals surface area contributed by atoms with E-state index in [-0.39, 0.29) is 23.9 Å². The minimum absolute atomic E-state index is 0.00136. The molecule has 0 saturated carbocycles. The predicted molar refractivity (Wildman–Crippen MR) is 145 cm³/mol. The lowest BCUT2D eigenvalue weighted by atomic mass is 9.93. The fourth-order valence-corrected chi connectivity index (χ4v) is 6.47. The van der Waals surface area contributed by atoms with Gasteiger partial charge in [0.15, 0.2) is 0 Å². The highest BCUT2D eigenvalue weighted by atomic mass is 32.1. The van der Waals surface area contributed by atoms with Crippen molar-refractivity contribution in [2.45, 2.75) is 45.2 Å². The predicted octanol–water partition coefficient (Wildman–Crippen LogP) is 5.02. The summed E-state index contributed by atoms with van der Waals surface area (Å²) in [5, 5.41) is 2.19. The molecule has 5 nitrogen and oxygen atoms in total. The van der Waals surface area contributed by atoms with E-state index < -0.39 is 0 Å². The van der Waals surface area contributed by atoms with Crippen LogP contribution in [0.3, 0.4) is 0 Å². The molecule has 3 heterocycles. The van der Waals surface area contributed by atoms with Gasteiger partial charge in [0.1, 0.15) is 0 Å². The quantitative estimate of drug-likeness (QED) is 0.476. The Kier molecular flexibility index (Phi) is 7.54. The maximum Gasteiger partial charge on any atom is 0.254 e. The summed E-state index contributed by atoms with van der Waals surface area (Å²) >= 11 is 1.84. The van der Waals surface area contributed by atoms with Gasteiger partial charge in [-0.2, -0.15) is 0 Å². The minimum Gasteiger partial charge on any atom is -0.339 e. The molecule has 188 valence electrons. The van der Waals surface area contributed by atoms with Crippen LogP contribution in [0.5, 0.6) is 0 Å². The van der Waals surface area contributed by atoms with Crippen LogP contribution in [0.15, 0.2) is 66.0 Å². The maximum atomic E-state index is 13.2. The third-order valence-electron chi connectivity index (χ3n) is 7.64. The molecule has 2 atom stereocenters. The summed E-state index contributed by atoms with van der Waals surface area (Å²) in [5.74, 6) is 0.243. The molecule has 1 fully saturated rings. The van der Waals surface area contributed by atoms with E-state index >= 15 is 0 Å². The first-order valence-electron chi connectivity index (χ1n) is 13.1. The Hall–Kier alpha value is -2.96. The normalized spacial score (nSPS) is 20.3. The molecule has 2 aliphatic heterocycles. The molecule has 1 aromatic heterocycles. The number of carbonyl (C=O) groups is 2. The fourth-order valence-electron chi connectivity index (χ4n) is 5.57. The van der Waals surface area contributed by atoms with Crippen LogP contribution >= 0.6 is 11.3 Å². The first-order chi connectivity index (χ1) is 17.5. The zero-order valence-electron chi connectivity index (χ0n) is 21.2. The van der Waals surface area contributed by atoms with Crippen LogP contribution in [0.25, 0.3) is 0 Å². The van der Waals surface area contributed by atoms with Crippen LogP contribution in [-0.4, -0.2) is 65.3 Å². The average Bonchev–Trinajstić information content (AvgIpc) is 3.40. The van der Waals surface area contributed by atoms with Crippen molar-refractivity contribution in [3.05, 3.63) is 93.2 Å². The van der Waals surface area contributed by atoms with Crippen LogP contribution in [0.1, 0.15) is 58.2 Å². The van der Waals surface area contributed by atoms with Crippen molar-refractivity contribution >= 4 is 23.2 Å². The molecule has 0 spiro atoms. The molecule has 0 bridgehead atoms. The Morgan fingerprint density at radius 1 is 0.972 bits per heavy atom. The molecular formula is C30H35N3O2S. The van der Waals surface area contributed by atoms with Gasteiger partial charge in [-0.15, -0.1) is 11.3 Å². The number of amides is 2. The van der Waals surface area contributed by atoms with Crippen molar-refractivity contribution in [3.8, 4) is 0 Å². The van der Waals surface area contributed by atoms with Crippen LogP contribution in [0.4, 0.5) is 0 Å². The molecule has 0 N–H and O–H groups in total. The highest BCUT2D eigenvalue weighted by Gasteiger charge is 2.32. The standard InChI is InChI=1S/C30H35N3O2S/c1-3-23-9-11-25(12-10-23)30(35)33-19-18-32(21-22(33)2)28(34)14-17-31-16-13-27-26(15-20-36-27)29(31)24-7-5-4-6-8-24/h4-12,15,20,22,29H,3,13-14,16-19,21H2,1-2H3/t22-,29+/m1/s1. The summed E-state index contributed by atoms with van der Waals surface area (Å²) in [6, 6.07) is 21.0. The van der Waals surface area contributed by atoms with E-state index in [1.807, 2.05) is 52.3 Å². The molecule has 3 aromatic rings. The first kappa shape index (κ1) is 24.7. The molecule has 0 unspecified atom stereocenters. The van der Waals surface area contributed by atoms with E-state index in [1.54, 1.807) is 0 Å². The molecule has 36 heavy (non-hydrogen) atoms. The van der Waals surface area contributed by atoms with Crippen molar-refractivity contribution in [2.75, 3.05) is 32.7 Å². The lowest BCUT2D eigenvalue weighted by molar-refractivity contribution is -0.134. The second kappa shape index (κ2) is 11.0. The zero-order valence-corrected chi connectivity index (χ0v) is 22.0. The van der Waals surface area contributed by atoms with Crippen molar-refractivity contribution < 1.29 is 9.59 Å². The Bertz CT molecular complexity index is 1190. The fraction of sp³-hybridized carbons (Fsp3) is 0.400. The van der Waals surface area contributed by atoms with E-state index in [1.165, 1.54) is 21.6 Å². The van der Waals surface area contributed by atoms with E-state index in [4.69, 9.17) is 0 Å². The first-order valence-corrected chi connectivity index (χ1v) is 14.0. The number of hydrogen-bond acceptors (Lipinski definition) is 4. The van der Waals surface area contributed by atoms with Crippen LogP contribution in [0, 0.1) is 0 Å².